The molecule has 3 unspecified atom stereocenters. The van der Waals surface area contributed by atoms with Gasteiger partial charge in [-0.15, -0.1) is 0 Å². The molecular weight excluding hydrogens is 324 g/mol. The maximum Gasteiger partial charge on any atom is 0.338 e. The molecule has 0 aliphatic carbocycles. The van der Waals surface area contributed by atoms with Gasteiger partial charge in [0.25, 0.3) is 6.47 Å². The first-order valence-corrected chi connectivity index (χ1v) is 8.44. The SMILES string of the molecule is CNC(=O)[C@H]1C(OC(=O)c2ccccc2)CC2CCC1N2COC=O. The van der Waals surface area contributed by atoms with Crippen LogP contribution in [0.2, 0.25) is 0 Å². The van der Waals surface area contributed by atoms with Crippen LogP contribution >= 0.6 is 0 Å². The van der Waals surface area contributed by atoms with Crippen molar-refractivity contribution in [1.82, 2.24) is 10.2 Å². The summed E-state index contributed by atoms with van der Waals surface area (Å²) in [4.78, 5) is 37.4. The maximum absolute atomic E-state index is 12.5. The summed E-state index contributed by atoms with van der Waals surface area (Å²) in [6.45, 7) is 0.571. The fourth-order valence-electron chi connectivity index (χ4n) is 4.00. The van der Waals surface area contributed by atoms with Gasteiger partial charge in [0.2, 0.25) is 5.91 Å². The number of nitrogens with zero attached hydrogens (tertiary/aromatic N) is 1. The predicted molar refractivity (Wildman–Crippen MR) is 88.5 cm³/mol. The summed E-state index contributed by atoms with van der Waals surface area (Å²) < 4.78 is 10.6. The highest BCUT2D eigenvalue weighted by molar-refractivity contribution is 5.90. The van der Waals surface area contributed by atoms with E-state index in [9.17, 15) is 14.4 Å². The second-order valence-corrected chi connectivity index (χ2v) is 6.39. The Labute approximate surface area is 146 Å². The van der Waals surface area contributed by atoms with Crippen LogP contribution in [-0.2, 0) is 19.1 Å². The first-order chi connectivity index (χ1) is 12.2. The van der Waals surface area contributed by atoms with Crippen LogP contribution in [0.15, 0.2) is 30.3 Å². The number of ether oxygens (including phenoxy) is 2. The normalized spacial score (nSPS) is 28.2. The van der Waals surface area contributed by atoms with Gasteiger partial charge in [-0.1, -0.05) is 18.2 Å². The number of nitrogens with one attached hydrogen (secondary N) is 1. The number of hydrogen-bond donors (Lipinski definition) is 1. The highest BCUT2D eigenvalue weighted by Crippen LogP contribution is 2.40. The molecule has 2 saturated heterocycles. The van der Waals surface area contributed by atoms with Crippen molar-refractivity contribution >= 4 is 18.3 Å². The Morgan fingerprint density at radius 2 is 2.04 bits per heavy atom. The Balaban J connectivity index is 1.78. The molecule has 2 bridgehead atoms. The van der Waals surface area contributed by atoms with Crippen LogP contribution in [0.3, 0.4) is 0 Å². The second-order valence-electron chi connectivity index (χ2n) is 6.39. The van der Waals surface area contributed by atoms with Gasteiger partial charge in [0.05, 0.1) is 11.5 Å². The molecule has 1 N–H and O–H groups in total. The van der Waals surface area contributed by atoms with Crippen molar-refractivity contribution in [2.45, 2.75) is 37.5 Å². The summed E-state index contributed by atoms with van der Waals surface area (Å²) in [5, 5.41) is 2.67. The van der Waals surface area contributed by atoms with Crippen molar-refractivity contribution in [2.75, 3.05) is 13.8 Å². The Hall–Kier alpha value is -2.41. The molecule has 2 fully saturated rings. The molecule has 3 rings (SSSR count). The third-order valence-electron chi connectivity index (χ3n) is 5.12. The predicted octanol–water partition coefficient (Wildman–Crippen LogP) is 0.941. The molecule has 1 aromatic rings. The standard InChI is InChI=1S/C18H22N2O5/c1-19-17(22)16-14-8-7-13(20(14)10-24-11-21)9-15(16)25-18(23)12-5-3-2-4-6-12/h2-6,11,13-16H,7-10H2,1H3,(H,19,22)/t13?,14?,15?,16-/m1/s1. The Morgan fingerprint density at radius 3 is 2.72 bits per heavy atom. The zero-order chi connectivity index (χ0) is 17.8. The lowest BCUT2D eigenvalue weighted by Gasteiger charge is -2.42. The van der Waals surface area contributed by atoms with Crippen molar-refractivity contribution in [1.29, 1.82) is 0 Å². The van der Waals surface area contributed by atoms with Crippen LogP contribution in [0.25, 0.3) is 0 Å². The third kappa shape index (κ3) is 3.51. The molecule has 2 aliphatic rings. The van der Waals surface area contributed by atoms with Crippen molar-refractivity contribution in [3.05, 3.63) is 35.9 Å². The molecule has 4 atom stereocenters. The van der Waals surface area contributed by atoms with Gasteiger partial charge in [-0.05, 0) is 25.0 Å². The van der Waals surface area contributed by atoms with E-state index in [1.165, 1.54) is 0 Å². The van der Waals surface area contributed by atoms with E-state index in [2.05, 4.69) is 5.32 Å². The Kier molecular flexibility index (Phi) is 5.33. The number of hydrogen-bond acceptors (Lipinski definition) is 6. The largest absolute Gasteiger partial charge is 0.458 e. The third-order valence-corrected chi connectivity index (χ3v) is 5.12. The number of esters is 1. The molecule has 0 aromatic heterocycles. The first-order valence-electron chi connectivity index (χ1n) is 8.44. The topological polar surface area (TPSA) is 84.9 Å². The molecule has 7 nitrogen and oxygen atoms in total. The van der Waals surface area contributed by atoms with Gasteiger partial charge in [-0.2, -0.15) is 0 Å². The quantitative estimate of drug-likeness (QED) is 0.610. The fourth-order valence-corrected chi connectivity index (χ4v) is 4.00. The zero-order valence-electron chi connectivity index (χ0n) is 14.1. The van der Waals surface area contributed by atoms with Gasteiger partial charge in [-0.3, -0.25) is 14.5 Å². The molecule has 2 aliphatic heterocycles. The lowest BCUT2D eigenvalue weighted by molar-refractivity contribution is -0.144. The minimum Gasteiger partial charge on any atom is -0.458 e. The Bertz CT molecular complexity index is 636. The molecule has 1 amide bonds. The number of rotatable bonds is 6. The molecule has 0 spiro atoms. The fraction of sp³-hybridized carbons (Fsp3) is 0.500. The van der Waals surface area contributed by atoms with Crippen LogP contribution in [0.4, 0.5) is 0 Å². The number of carbonyl (C=O) groups is 3. The van der Waals surface area contributed by atoms with Crippen molar-refractivity contribution in [3.8, 4) is 0 Å². The van der Waals surface area contributed by atoms with Crippen molar-refractivity contribution < 1.29 is 23.9 Å². The Morgan fingerprint density at radius 1 is 1.28 bits per heavy atom. The molecule has 1 aromatic carbocycles. The van der Waals surface area contributed by atoms with E-state index in [0.717, 1.165) is 12.8 Å². The molecule has 7 heteroatoms. The highest BCUT2D eigenvalue weighted by Gasteiger charge is 2.51. The van der Waals surface area contributed by atoms with E-state index < -0.39 is 18.0 Å². The molecule has 134 valence electrons. The van der Waals surface area contributed by atoms with Gasteiger partial charge >= 0.3 is 5.97 Å². The van der Waals surface area contributed by atoms with Gasteiger partial charge in [-0.25, -0.2) is 4.79 Å². The van der Waals surface area contributed by atoms with Gasteiger partial charge in [0, 0.05) is 25.6 Å². The van der Waals surface area contributed by atoms with Crippen molar-refractivity contribution in [2.24, 2.45) is 5.92 Å². The van der Waals surface area contributed by atoms with Crippen LogP contribution in [0.1, 0.15) is 29.6 Å². The summed E-state index contributed by atoms with van der Waals surface area (Å²) in [5.41, 5.74) is 0.470. The number of piperidine rings is 1. The summed E-state index contributed by atoms with van der Waals surface area (Å²) >= 11 is 0. The van der Waals surface area contributed by atoms with Crippen LogP contribution in [-0.4, -0.2) is 55.2 Å². The van der Waals surface area contributed by atoms with Gasteiger partial charge in [0.1, 0.15) is 12.8 Å². The average molecular weight is 346 g/mol. The molecule has 0 radical (unpaired) electrons. The van der Waals surface area contributed by atoms with E-state index in [1.54, 1.807) is 31.3 Å². The highest BCUT2D eigenvalue weighted by atomic mass is 16.5. The average Bonchev–Trinajstić information content (AvgIpc) is 2.92. The molecule has 2 heterocycles. The van der Waals surface area contributed by atoms with Crippen LogP contribution < -0.4 is 5.32 Å². The van der Waals surface area contributed by atoms with E-state index >= 15 is 0 Å². The van der Waals surface area contributed by atoms with Crippen LogP contribution in [0, 0.1) is 5.92 Å². The molecular formula is C18H22N2O5. The number of benzene rings is 1. The summed E-state index contributed by atoms with van der Waals surface area (Å²) in [5.74, 6) is -1.06. The van der Waals surface area contributed by atoms with E-state index in [-0.39, 0.29) is 24.7 Å². The second kappa shape index (κ2) is 7.65. The van der Waals surface area contributed by atoms with Gasteiger partial charge < -0.3 is 14.8 Å². The molecule has 0 saturated carbocycles. The summed E-state index contributed by atoms with van der Waals surface area (Å²) in [6, 6.07) is 8.80. The number of fused-ring (bicyclic) bond motifs is 2. The van der Waals surface area contributed by atoms with Gasteiger partial charge in [0.15, 0.2) is 0 Å². The van der Waals surface area contributed by atoms with E-state index in [1.807, 2.05) is 11.0 Å². The summed E-state index contributed by atoms with van der Waals surface area (Å²) in [6.07, 6.45) is 1.76. The molecule has 25 heavy (non-hydrogen) atoms. The van der Waals surface area contributed by atoms with Crippen LogP contribution in [0.5, 0.6) is 0 Å². The summed E-state index contributed by atoms with van der Waals surface area (Å²) in [7, 11) is 1.58. The lowest BCUT2D eigenvalue weighted by Crippen LogP contribution is -2.57. The van der Waals surface area contributed by atoms with E-state index in [0.29, 0.717) is 18.5 Å². The zero-order valence-corrected chi connectivity index (χ0v) is 14.1. The minimum absolute atomic E-state index is 0.104. The monoisotopic (exact) mass is 346 g/mol. The lowest BCUT2D eigenvalue weighted by atomic mass is 9.86. The first kappa shape index (κ1) is 17.4. The minimum atomic E-state index is -0.488. The smallest absolute Gasteiger partial charge is 0.338 e. The number of carbonyl (C=O) groups excluding carboxylic acids is 3. The number of amides is 1. The van der Waals surface area contributed by atoms with E-state index in [4.69, 9.17) is 9.47 Å². The maximum atomic E-state index is 12.5. The van der Waals surface area contributed by atoms with Crippen molar-refractivity contribution in [3.63, 3.8) is 0 Å².